The number of ether oxygens (including phenoxy) is 2. The second kappa shape index (κ2) is 7.88. The summed E-state index contributed by atoms with van der Waals surface area (Å²) in [6.07, 6.45) is 0.234. The maximum absolute atomic E-state index is 13.2. The van der Waals surface area contributed by atoms with Crippen LogP contribution >= 0.6 is 0 Å². The number of rotatable bonds is 6. The van der Waals surface area contributed by atoms with Gasteiger partial charge >= 0.3 is 11.9 Å². The summed E-state index contributed by atoms with van der Waals surface area (Å²) in [5, 5.41) is 0. The van der Waals surface area contributed by atoms with Gasteiger partial charge in [0.1, 0.15) is 23.1 Å². The van der Waals surface area contributed by atoms with E-state index in [1.807, 2.05) is 0 Å². The van der Waals surface area contributed by atoms with E-state index >= 15 is 0 Å². The van der Waals surface area contributed by atoms with Crippen LogP contribution in [0.15, 0.2) is 48.5 Å². The fraction of sp³-hybridized carbons (Fsp3) is 0.263. The minimum absolute atomic E-state index is 0.00479. The van der Waals surface area contributed by atoms with Crippen molar-refractivity contribution in [3.8, 4) is 11.5 Å². The Kier molecular flexibility index (Phi) is 5.85. The molecule has 0 atom stereocenters. The van der Waals surface area contributed by atoms with Crippen LogP contribution in [0.2, 0.25) is 0 Å². The van der Waals surface area contributed by atoms with Crippen LogP contribution in [0.1, 0.15) is 26.7 Å². The molecule has 0 bridgehead atoms. The van der Waals surface area contributed by atoms with Crippen molar-refractivity contribution < 1.29 is 27.8 Å². The summed E-state index contributed by atoms with van der Waals surface area (Å²) in [7, 11) is 0. The number of benzene rings is 2. The van der Waals surface area contributed by atoms with Crippen molar-refractivity contribution in [3.63, 3.8) is 0 Å². The standard InChI is InChI=1S/C19H18F2O4/c1-3-19(4-2,17(22)24-15-9-5-7-13(20)11-15)18(23)25-16-10-6-8-14(21)12-16/h5-12H,3-4H2,1-2H3. The van der Waals surface area contributed by atoms with Crippen LogP contribution in [0.25, 0.3) is 0 Å². The van der Waals surface area contributed by atoms with Crippen LogP contribution in [0.4, 0.5) is 8.78 Å². The molecule has 0 fully saturated rings. The molecule has 0 amide bonds. The summed E-state index contributed by atoms with van der Waals surface area (Å²) in [5.74, 6) is -2.82. The van der Waals surface area contributed by atoms with E-state index in [1.165, 1.54) is 36.4 Å². The first kappa shape index (κ1) is 18.6. The molecule has 25 heavy (non-hydrogen) atoms. The maximum atomic E-state index is 13.2. The zero-order chi connectivity index (χ0) is 18.4. The highest BCUT2D eigenvalue weighted by Crippen LogP contribution is 2.32. The third kappa shape index (κ3) is 4.21. The maximum Gasteiger partial charge on any atom is 0.328 e. The predicted octanol–water partition coefficient (Wildman–Crippen LogP) is 4.28. The van der Waals surface area contributed by atoms with Crippen molar-refractivity contribution in [3.05, 3.63) is 60.2 Å². The SMILES string of the molecule is CCC(CC)(C(=O)Oc1cccc(F)c1)C(=O)Oc1cccc(F)c1. The third-order valence-corrected chi connectivity index (χ3v) is 4.00. The molecular weight excluding hydrogens is 330 g/mol. The van der Waals surface area contributed by atoms with E-state index in [2.05, 4.69) is 0 Å². The van der Waals surface area contributed by atoms with E-state index in [9.17, 15) is 18.4 Å². The van der Waals surface area contributed by atoms with E-state index in [-0.39, 0.29) is 24.3 Å². The van der Waals surface area contributed by atoms with Crippen molar-refractivity contribution in [2.45, 2.75) is 26.7 Å². The summed E-state index contributed by atoms with van der Waals surface area (Å²) in [5.41, 5.74) is -1.57. The normalized spacial score (nSPS) is 11.0. The summed E-state index contributed by atoms with van der Waals surface area (Å²) < 4.78 is 36.8. The molecule has 4 nitrogen and oxygen atoms in total. The van der Waals surface area contributed by atoms with Gasteiger partial charge in [0.05, 0.1) is 0 Å². The molecule has 0 aliphatic carbocycles. The molecule has 0 saturated carbocycles. The lowest BCUT2D eigenvalue weighted by Crippen LogP contribution is -2.43. The molecule has 0 aliphatic heterocycles. The van der Waals surface area contributed by atoms with Gasteiger partial charge in [-0.3, -0.25) is 9.59 Å². The van der Waals surface area contributed by atoms with Gasteiger partial charge < -0.3 is 9.47 Å². The van der Waals surface area contributed by atoms with Crippen molar-refractivity contribution in [1.29, 1.82) is 0 Å². The van der Waals surface area contributed by atoms with Crippen molar-refractivity contribution in [2.75, 3.05) is 0 Å². The van der Waals surface area contributed by atoms with Gasteiger partial charge in [0.25, 0.3) is 0 Å². The van der Waals surface area contributed by atoms with Crippen LogP contribution in [0.5, 0.6) is 11.5 Å². The fourth-order valence-corrected chi connectivity index (χ4v) is 2.38. The third-order valence-electron chi connectivity index (χ3n) is 4.00. The topological polar surface area (TPSA) is 52.6 Å². The number of halogens is 2. The number of hydrogen-bond donors (Lipinski definition) is 0. The van der Waals surface area contributed by atoms with Gasteiger partial charge in [-0.1, -0.05) is 26.0 Å². The summed E-state index contributed by atoms with van der Waals surface area (Å²) in [6, 6.07) is 10.1. The number of hydrogen-bond acceptors (Lipinski definition) is 4. The molecule has 6 heteroatoms. The molecule has 0 N–H and O–H groups in total. The highest BCUT2D eigenvalue weighted by atomic mass is 19.1. The Bertz CT molecular complexity index is 708. The lowest BCUT2D eigenvalue weighted by atomic mass is 9.82. The van der Waals surface area contributed by atoms with Gasteiger partial charge in [0.15, 0.2) is 5.41 Å². The largest absolute Gasteiger partial charge is 0.426 e. The minimum atomic E-state index is -1.57. The second-order valence-electron chi connectivity index (χ2n) is 5.48. The molecular formula is C19H18F2O4. The molecule has 2 aromatic carbocycles. The first-order chi connectivity index (χ1) is 11.9. The summed E-state index contributed by atoms with van der Waals surface area (Å²) in [6.45, 7) is 3.28. The highest BCUT2D eigenvalue weighted by Gasteiger charge is 2.46. The molecule has 0 unspecified atom stereocenters. The van der Waals surface area contributed by atoms with E-state index < -0.39 is 29.0 Å². The molecule has 0 radical (unpaired) electrons. The number of carbonyl (C=O) groups is 2. The second-order valence-corrected chi connectivity index (χ2v) is 5.48. The Labute approximate surface area is 144 Å². The minimum Gasteiger partial charge on any atom is -0.426 e. The van der Waals surface area contributed by atoms with Gasteiger partial charge in [0.2, 0.25) is 0 Å². The molecule has 0 saturated heterocycles. The average molecular weight is 348 g/mol. The van der Waals surface area contributed by atoms with Crippen molar-refractivity contribution in [2.24, 2.45) is 5.41 Å². The summed E-state index contributed by atoms with van der Waals surface area (Å²) >= 11 is 0. The van der Waals surface area contributed by atoms with E-state index in [0.717, 1.165) is 12.1 Å². The van der Waals surface area contributed by atoms with E-state index in [4.69, 9.17) is 9.47 Å². The number of esters is 2. The lowest BCUT2D eigenvalue weighted by molar-refractivity contribution is -0.161. The molecule has 132 valence electrons. The first-order valence-electron chi connectivity index (χ1n) is 7.87. The van der Waals surface area contributed by atoms with Crippen LogP contribution in [0, 0.1) is 17.0 Å². The van der Waals surface area contributed by atoms with Gasteiger partial charge in [-0.25, -0.2) is 8.78 Å². The van der Waals surface area contributed by atoms with E-state index in [1.54, 1.807) is 13.8 Å². The average Bonchev–Trinajstić information content (AvgIpc) is 2.56. The smallest absolute Gasteiger partial charge is 0.328 e. The van der Waals surface area contributed by atoms with E-state index in [0.29, 0.717) is 0 Å². The van der Waals surface area contributed by atoms with Gasteiger partial charge in [0, 0.05) is 12.1 Å². The molecule has 2 aromatic rings. The number of carbonyl (C=O) groups excluding carboxylic acids is 2. The Morgan fingerprint density at radius 1 is 0.840 bits per heavy atom. The Balaban J connectivity index is 2.23. The highest BCUT2D eigenvalue weighted by molar-refractivity contribution is 6.01. The van der Waals surface area contributed by atoms with Crippen molar-refractivity contribution >= 4 is 11.9 Å². The molecule has 2 rings (SSSR count). The Morgan fingerprint density at radius 3 is 1.56 bits per heavy atom. The fourth-order valence-electron chi connectivity index (χ4n) is 2.38. The van der Waals surface area contributed by atoms with Gasteiger partial charge in [-0.2, -0.15) is 0 Å². The Morgan fingerprint density at radius 2 is 1.24 bits per heavy atom. The Hall–Kier alpha value is -2.76. The summed E-state index contributed by atoms with van der Waals surface area (Å²) in [4.78, 5) is 25.2. The van der Waals surface area contributed by atoms with Crippen LogP contribution < -0.4 is 9.47 Å². The predicted molar refractivity (Wildman–Crippen MR) is 87.1 cm³/mol. The van der Waals surface area contributed by atoms with Crippen LogP contribution in [-0.2, 0) is 9.59 Å². The first-order valence-corrected chi connectivity index (χ1v) is 7.87. The van der Waals surface area contributed by atoms with Crippen molar-refractivity contribution in [1.82, 2.24) is 0 Å². The molecule has 0 spiro atoms. The zero-order valence-corrected chi connectivity index (χ0v) is 13.9. The molecule has 0 heterocycles. The van der Waals surface area contributed by atoms with Gasteiger partial charge in [-0.05, 0) is 37.1 Å². The zero-order valence-electron chi connectivity index (χ0n) is 13.9. The molecule has 0 aliphatic rings. The monoisotopic (exact) mass is 348 g/mol. The quantitative estimate of drug-likeness (QED) is 0.444. The van der Waals surface area contributed by atoms with Crippen LogP contribution in [-0.4, -0.2) is 11.9 Å². The molecule has 0 aromatic heterocycles. The van der Waals surface area contributed by atoms with Gasteiger partial charge in [-0.15, -0.1) is 0 Å². The van der Waals surface area contributed by atoms with Crippen LogP contribution in [0.3, 0.4) is 0 Å². The lowest BCUT2D eigenvalue weighted by Gasteiger charge is -2.26.